The number of rotatable bonds is 6. The van der Waals surface area contributed by atoms with Crippen LogP contribution in [0.1, 0.15) is 30.6 Å². The van der Waals surface area contributed by atoms with Crippen molar-refractivity contribution in [2.75, 3.05) is 20.3 Å². The van der Waals surface area contributed by atoms with Gasteiger partial charge < -0.3 is 14.0 Å². The number of hydrogen-bond donors (Lipinski definition) is 0. The first-order valence-corrected chi connectivity index (χ1v) is 8.29. The van der Waals surface area contributed by atoms with E-state index in [1.165, 1.54) is 11.3 Å². The molecule has 0 aliphatic heterocycles. The molecule has 23 heavy (non-hydrogen) atoms. The maximum Gasteiger partial charge on any atom is 0.338 e. The Bertz CT molecular complexity index is 776. The van der Waals surface area contributed by atoms with Crippen molar-refractivity contribution in [3.05, 3.63) is 28.6 Å². The number of esters is 1. The van der Waals surface area contributed by atoms with E-state index in [-0.39, 0.29) is 11.9 Å². The third kappa shape index (κ3) is 4.05. The van der Waals surface area contributed by atoms with Crippen LogP contribution in [0.15, 0.2) is 23.2 Å². The van der Waals surface area contributed by atoms with Crippen LogP contribution in [0.2, 0.25) is 0 Å². The molecule has 0 aliphatic rings. The second-order valence-corrected chi connectivity index (χ2v) is 5.80. The molecule has 0 spiro atoms. The number of amides is 1. The largest absolute Gasteiger partial charge is 0.462 e. The van der Waals surface area contributed by atoms with Gasteiger partial charge in [-0.2, -0.15) is 4.99 Å². The second-order valence-electron chi connectivity index (χ2n) is 4.79. The lowest BCUT2D eigenvalue weighted by atomic mass is 10.2. The van der Waals surface area contributed by atoms with Gasteiger partial charge in [0.15, 0.2) is 4.80 Å². The highest BCUT2D eigenvalue weighted by molar-refractivity contribution is 7.16. The minimum absolute atomic E-state index is 0.173. The second kappa shape index (κ2) is 8.03. The van der Waals surface area contributed by atoms with Crippen LogP contribution in [0.3, 0.4) is 0 Å². The molecule has 124 valence electrons. The van der Waals surface area contributed by atoms with Crippen molar-refractivity contribution in [2.45, 2.75) is 26.8 Å². The molecule has 1 aromatic heterocycles. The third-order valence-electron chi connectivity index (χ3n) is 3.24. The summed E-state index contributed by atoms with van der Waals surface area (Å²) in [5, 5.41) is 0. The van der Waals surface area contributed by atoms with Gasteiger partial charge in [-0.15, -0.1) is 0 Å². The zero-order valence-electron chi connectivity index (χ0n) is 13.5. The molecular weight excluding hydrogens is 316 g/mol. The Morgan fingerprint density at radius 3 is 2.74 bits per heavy atom. The molecule has 7 heteroatoms. The highest BCUT2D eigenvalue weighted by atomic mass is 32.1. The van der Waals surface area contributed by atoms with E-state index in [0.717, 1.165) is 10.2 Å². The summed E-state index contributed by atoms with van der Waals surface area (Å²) < 4.78 is 13.0. The molecule has 6 nitrogen and oxygen atoms in total. The number of nitrogens with zero attached hydrogens (tertiary/aromatic N) is 2. The van der Waals surface area contributed by atoms with Crippen LogP contribution in [-0.4, -0.2) is 36.8 Å². The van der Waals surface area contributed by atoms with Crippen LogP contribution in [0.5, 0.6) is 0 Å². The fourth-order valence-corrected chi connectivity index (χ4v) is 3.20. The Hall–Kier alpha value is -1.99. The summed E-state index contributed by atoms with van der Waals surface area (Å²) in [7, 11) is 1.63. The number of ether oxygens (including phenoxy) is 2. The summed E-state index contributed by atoms with van der Waals surface area (Å²) in [5.41, 5.74) is 1.41. The lowest BCUT2D eigenvalue weighted by molar-refractivity contribution is -0.117. The van der Waals surface area contributed by atoms with Crippen molar-refractivity contribution in [1.82, 2.24) is 4.57 Å². The van der Waals surface area contributed by atoms with Gasteiger partial charge in [0, 0.05) is 20.1 Å². The Kier molecular flexibility index (Phi) is 6.06. The topological polar surface area (TPSA) is 69.9 Å². The predicted octanol–water partition coefficient (Wildman–Crippen LogP) is 2.36. The van der Waals surface area contributed by atoms with Gasteiger partial charge in [-0.05, 0) is 25.1 Å². The van der Waals surface area contributed by atoms with Gasteiger partial charge in [0.1, 0.15) is 0 Å². The standard InChI is InChI=1S/C16H20N2O4S/c1-4-14(19)17-16-18(8-9-21-3)12-7-6-11(10-13(12)23-16)15(20)22-5-2/h6-7,10H,4-5,8-9H2,1-3H3. The molecule has 2 rings (SSSR count). The molecule has 0 N–H and O–H groups in total. The number of aromatic nitrogens is 1. The van der Waals surface area contributed by atoms with E-state index in [1.807, 2.05) is 10.6 Å². The lowest BCUT2D eigenvalue weighted by Gasteiger charge is -2.05. The van der Waals surface area contributed by atoms with Gasteiger partial charge >= 0.3 is 5.97 Å². The highest BCUT2D eigenvalue weighted by Crippen LogP contribution is 2.20. The van der Waals surface area contributed by atoms with Crippen molar-refractivity contribution in [3.63, 3.8) is 0 Å². The molecule has 0 aliphatic carbocycles. The van der Waals surface area contributed by atoms with Crippen LogP contribution in [0.4, 0.5) is 0 Å². The summed E-state index contributed by atoms with van der Waals surface area (Å²) >= 11 is 1.38. The Morgan fingerprint density at radius 2 is 2.09 bits per heavy atom. The Labute approximate surface area is 138 Å². The minimum Gasteiger partial charge on any atom is -0.462 e. The van der Waals surface area contributed by atoms with E-state index < -0.39 is 0 Å². The maximum absolute atomic E-state index is 11.9. The minimum atomic E-state index is -0.352. The molecule has 1 amide bonds. The molecule has 0 unspecified atom stereocenters. The quantitative estimate of drug-likeness (QED) is 0.759. The summed E-state index contributed by atoms with van der Waals surface area (Å²) in [6, 6.07) is 5.35. The number of hydrogen-bond acceptors (Lipinski definition) is 5. The first-order valence-electron chi connectivity index (χ1n) is 7.47. The average molecular weight is 336 g/mol. The van der Waals surface area contributed by atoms with E-state index in [0.29, 0.717) is 36.5 Å². The highest BCUT2D eigenvalue weighted by Gasteiger charge is 2.12. The van der Waals surface area contributed by atoms with E-state index >= 15 is 0 Å². The van der Waals surface area contributed by atoms with Crippen molar-refractivity contribution in [2.24, 2.45) is 4.99 Å². The molecule has 2 aromatic rings. The van der Waals surface area contributed by atoms with Gasteiger partial charge in [-0.3, -0.25) is 4.79 Å². The first kappa shape index (κ1) is 17.4. The van der Waals surface area contributed by atoms with Gasteiger partial charge in [0.25, 0.3) is 0 Å². The third-order valence-corrected chi connectivity index (χ3v) is 4.28. The van der Waals surface area contributed by atoms with Gasteiger partial charge in [-0.1, -0.05) is 18.3 Å². The summed E-state index contributed by atoms with van der Waals surface area (Å²) in [5.74, 6) is -0.525. The molecule has 0 bridgehead atoms. The molecule has 0 radical (unpaired) electrons. The molecule has 0 fully saturated rings. The smallest absolute Gasteiger partial charge is 0.338 e. The zero-order chi connectivity index (χ0) is 16.8. The Balaban J connectivity index is 2.54. The Morgan fingerprint density at radius 1 is 1.30 bits per heavy atom. The van der Waals surface area contributed by atoms with Gasteiger partial charge in [0.2, 0.25) is 5.91 Å². The monoisotopic (exact) mass is 336 g/mol. The van der Waals surface area contributed by atoms with Crippen molar-refractivity contribution >= 4 is 33.4 Å². The van der Waals surface area contributed by atoms with Crippen molar-refractivity contribution in [1.29, 1.82) is 0 Å². The zero-order valence-corrected chi connectivity index (χ0v) is 14.3. The van der Waals surface area contributed by atoms with Gasteiger partial charge in [-0.25, -0.2) is 4.79 Å². The summed E-state index contributed by atoms with van der Waals surface area (Å²) in [4.78, 5) is 28.3. The first-order chi connectivity index (χ1) is 11.1. The fourth-order valence-electron chi connectivity index (χ4n) is 2.08. The molecule has 0 saturated heterocycles. The van der Waals surface area contributed by atoms with Crippen molar-refractivity contribution < 1.29 is 19.1 Å². The van der Waals surface area contributed by atoms with E-state index in [2.05, 4.69) is 4.99 Å². The van der Waals surface area contributed by atoms with E-state index in [1.54, 1.807) is 33.1 Å². The van der Waals surface area contributed by atoms with E-state index in [9.17, 15) is 9.59 Å². The number of fused-ring (bicyclic) bond motifs is 1. The normalized spacial score (nSPS) is 11.9. The lowest BCUT2D eigenvalue weighted by Crippen LogP contribution is -2.19. The number of benzene rings is 1. The van der Waals surface area contributed by atoms with Crippen LogP contribution in [0.25, 0.3) is 10.2 Å². The molecule has 0 atom stereocenters. The van der Waals surface area contributed by atoms with Crippen LogP contribution in [-0.2, 0) is 20.8 Å². The number of carbonyl (C=O) groups is 2. The van der Waals surface area contributed by atoms with Crippen molar-refractivity contribution in [3.8, 4) is 0 Å². The van der Waals surface area contributed by atoms with E-state index in [4.69, 9.17) is 9.47 Å². The molecule has 1 aromatic carbocycles. The van der Waals surface area contributed by atoms with Crippen LogP contribution in [0, 0.1) is 0 Å². The summed E-state index contributed by atoms with van der Waals surface area (Å²) in [6.45, 7) is 4.98. The number of methoxy groups -OCH3 is 1. The molecular formula is C16H20N2O4S. The SMILES string of the molecule is CCOC(=O)c1ccc2c(c1)sc(=NC(=O)CC)n2CCOC. The molecule has 1 heterocycles. The fraction of sp³-hybridized carbons (Fsp3) is 0.438. The van der Waals surface area contributed by atoms with Crippen LogP contribution < -0.4 is 4.80 Å². The average Bonchev–Trinajstić information content (AvgIpc) is 2.89. The number of carbonyl (C=O) groups excluding carboxylic acids is 2. The summed E-state index contributed by atoms with van der Waals surface area (Å²) in [6.07, 6.45) is 0.354. The molecule has 0 saturated carbocycles. The van der Waals surface area contributed by atoms with Gasteiger partial charge in [0.05, 0.1) is 29.0 Å². The van der Waals surface area contributed by atoms with Crippen LogP contribution >= 0.6 is 11.3 Å². The predicted molar refractivity (Wildman–Crippen MR) is 88.5 cm³/mol. The maximum atomic E-state index is 11.9. The number of thiazole rings is 1.